The second kappa shape index (κ2) is 11.8. The number of hydrogen-bond donors (Lipinski definition) is 3. The number of hydrazone groups is 1. The first-order chi connectivity index (χ1) is 16.4. The smallest absolute Gasteiger partial charge is 0.329 e. The molecule has 3 amide bonds. The number of hydrogen-bond acceptors (Lipinski definition) is 5. The molecule has 0 heterocycles. The van der Waals surface area contributed by atoms with E-state index in [1.54, 1.807) is 54.6 Å². The van der Waals surface area contributed by atoms with E-state index in [1.807, 2.05) is 6.92 Å². The first-order valence-electron chi connectivity index (χ1n) is 10.1. The highest BCUT2D eigenvalue weighted by atomic mass is 35.5. The van der Waals surface area contributed by atoms with Crippen LogP contribution < -0.4 is 20.8 Å². The minimum atomic E-state index is -1.04. The quantitative estimate of drug-likeness (QED) is 0.248. The molecule has 34 heavy (non-hydrogen) atoms. The van der Waals surface area contributed by atoms with Crippen molar-refractivity contribution in [2.24, 2.45) is 5.10 Å². The van der Waals surface area contributed by atoms with Crippen molar-refractivity contribution in [3.63, 3.8) is 0 Å². The van der Waals surface area contributed by atoms with Crippen LogP contribution in [-0.4, -0.2) is 30.5 Å². The van der Waals surface area contributed by atoms with Crippen molar-refractivity contribution < 1.29 is 19.1 Å². The first kappa shape index (κ1) is 24.8. The van der Waals surface area contributed by atoms with Crippen LogP contribution in [0.1, 0.15) is 22.8 Å². The zero-order chi connectivity index (χ0) is 24.5. The lowest BCUT2D eigenvalue weighted by molar-refractivity contribution is -0.136. The topological polar surface area (TPSA) is 109 Å². The highest BCUT2D eigenvalue weighted by molar-refractivity contribution is 6.40. The number of rotatable bonds is 7. The second-order valence-electron chi connectivity index (χ2n) is 6.75. The Morgan fingerprint density at radius 3 is 2.24 bits per heavy atom. The van der Waals surface area contributed by atoms with Crippen LogP contribution in [0.15, 0.2) is 71.8 Å². The Labute approximate surface area is 205 Å². The Morgan fingerprint density at radius 2 is 1.56 bits per heavy atom. The molecule has 0 aromatic heterocycles. The van der Waals surface area contributed by atoms with Crippen LogP contribution in [0.3, 0.4) is 0 Å². The van der Waals surface area contributed by atoms with Crippen molar-refractivity contribution in [1.29, 1.82) is 0 Å². The summed E-state index contributed by atoms with van der Waals surface area (Å²) in [6, 6.07) is 18.0. The van der Waals surface area contributed by atoms with Gasteiger partial charge in [-0.05, 0) is 55.5 Å². The number of halogens is 2. The van der Waals surface area contributed by atoms with Crippen LogP contribution in [0.4, 0.5) is 11.4 Å². The molecule has 3 aromatic carbocycles. The summed E-state index contributed by atoms with van der Waals surface area (Å²) in [6.07, 6.45) is 1.23. The van der Waals surface area contributed by atoms with Gasteiger partial charge in [-0.2, -0.15) is 5.10 Å². The molecule has 0 unspecified atom stereocenters. The zero-order valence-corrected chi connectivity index (χ0v) is 19.5. The van der Waals surface area contributed by atoms with Crippen molar-refractivity contribution in [2.45, 2.75) is 6.92 Å². The lowest BCUT2D eigenvalue weighted by Gasteiger charge is -2.11. The molecule has 3 aromatic rings. The average molecular weight is 499 g/mol. The Bertz CT molecular complexity index is 1210. The van der Waals surface area contributed by atoms with Crippen LogP contribution in [0.25, 0.3) is 0 Å². The predicted molar refractivity (Wildman–Crippen MR) is 133 cm³/mol. The molecule has 8 nitrogen and oxygen atoms in total. The maximum atomic E-state index is 12.7. The van der Waals surface area contributed by atoms with Gasteiger partial charge in [0.1, 0.15) is 5.75 Å². The van der Waals surface area contributed by atoms with Gasteiger partial charge in [0.2, 0.25) is 0 Å². The van der Waals surface area contributed by atoms with E-state index in [2.05, 4.69) is 21.2 Å². The summed E-state index contributed by atoms with van der Waals surface area (Å²) in [4.78, 5) is 37.2. The molecule has 0 radical (unpaired) electrons. The van der Waals surface area contributed by atoms with Crippen molar-refractivity contribution in [2.75, 3.05) is 17.2 Å². The largest absolute Gasteiger partial charge is 0.494 e. The van der Waals surface area contributed by atoms with E-state index in [0.29, 0.717) is 33.7 Å². The molecule has 0 aliphatic carbocycles. The monoisotopic (exact) mass is 498 g/mol. The number of nitrogens with one attached hydrogen (secondary N) is 3. The molecule has 0 saturated heterocycles. The fourth-order valence-corrected chi connectivity index (χ4v) is 3.30. The van der Waals surface area contributed by atoms with Crippen molar-refractivity contribution in [3.8, 4) is 5.75 Å². The van der Waals surface area contributed by atoms with Crippen molar-refractivity contribution >= 4 is 58.5 Å². The van der Waals surface area contributed by atoms with Gasteiger partial charge in [0.15, 0.2) is 0 Å². The van der Waals surface area contributed by atoms with E-state index >= 15 is 0 Å². The van der Waals surface area contributed by atoms with E-state index < -0.39 is 17.7 Å². The highest BCUT2D eigenvalue weighted by Crippen LogP contribution is 2.22. The molecular formula is C24H20Cl2N4O4. The van der Waals surface area contributed by atoms with Gasteiger partial charge in [0.25, 0.3) is 5.91 Å². The Kier molecular flexibility index (Phi) is 8.61. The molecule has 10 heteroatoms. The van der Waals surface area contributed by atoms with Gasteiger partial charge in [-0.15, -0.1) is 0 Å². The Hall–Kier alpha value is -3.88. The number of carbonyl (C=O) groups is 3. The van der Waals surface area contributed by atoms with Crippen LogP contribution in [-0.2, 0) is 9.59 Å². The normalized spacial score (nSPS) is 10.6. The molecule has 0 bridgehead atoms. The van der Waals surface area contributed by atoms with E-state index in [-0.39, 0.29) is 11.3 Å². The van der Waals surface area contributed by atoms with E-state index in [0.717, 1.165) is 0 Å². The van der Waals surface area contributed by atoms with Gasteiger partial charge >= 0.3 is 11.8 Å². The van der Waals surface area contributed by atoms with E-state index in [4.69, 9.17) is 27.9 Å². The number of amides is 3. The molecule has 3 N–H and O–H groups in total. The van der Waals surface area contributed by atoms with E-state index in [9.17, 15) is 14.4 Å². The Balaban J connectivity index is 1.64. The third-order valence-electron chi connectivity index (χ3n) is 4.41. The molecule has 0 saturated carbocycles. The zero-order valence-electron chi connectivity index (χ0n) is 18.0. The lowest BCUT2D eigenvalue weighted by Crippen LogP contribution is -2.33. The van der Waals surface area contributed by atoms with Gasteiger partial charge in [-0.25, -0.2) is 5.43 Å². The molecule has 174 valence electrons. The molecule has 3 rings (SSSR count). The molecular weight excluding hydrogens is 479 g/mol. The predicted octanol–water partition coefficient (Wildman–Crippen LogP) is 4.73. The third kappa shape index (κ3) is 6.57. The number of nitrogens with zero attached hydrogens (tertiary/aromatic N) is 1. The minimum Gasteiger partial charge on any atom is -0.494 e. The third-order valence-corrected chi connectivity index (χ3v) is 5.07. The average Bonchev–Trinajstić information content (AvgIpc) is 2.82. The number of carbonyl (C=O) groups excluding carboxylic acids is 3. The molecule has 0 aliphatic heterocycles. The molecule has 0 fully saturated rings. The van der Waals surface area contributed by atoms with Crippen LogP contribution in [0, 0.1) is 0 Å². The van der Waals surface area contributed by atoms with Gasteiger partial charge in [-0.1, -0.05) is 41.4 Å². The molecule has 0 aliphatic rings. The first-order valence-corrected chi connectivity index (χ1v) is 10.9. The summed E-state index contributed by atoms with van der Waals surface area (Å²) in [7, 11) is 0. The summed E-state index contributed by atoms with van der Waals surface area (Å²) in [5, 5.41) is 9.54. The molecule has 0 atom stereocenters. The SMILES string of the molecule is CCOc1ccc(NC(=O)c2ccccc2NC(=O)C(=O)N/N=C\c2c(Cl)cccc2Cl)cc1. The highest BCUT2D eigenvalue weighted by Gasteiger charge is 2.18. The maximum absolute atomic E-state index is 12.7. The minimum absolute atomic E-state index is 0.157. The van der Waals surface area contributed by atoms with Crippen LogP contribution in [0.2, 0.25) is 10.0 Å². The number of para-hydroxylation sites is 1. The summed E-state index contributed by atoms with van der Waals surface area (Å²) in [5.41, 5.74) is 3.36. The molecule has 0 spiro atoms. The van der Waals surface area contributed by atoms with Crippen molar-refractivity contribution in [3.05, 3.63) is 87.9 Å². The Morgan fingerprint density at radius 1 is 0.882 bits per heavy atom. The summed E-state index contributed by atoms with van der Waals surface area (Å²) in [5.74, 6) is -1.84. The summed E-state index contributed by atoms with van der Waals surface area (Å²) < 4.78 is 5.38. The van der Waals surface area contributed by atoms with Crippen LogP contribution >= 0.6 is 23.2 Å². The number of ether oxygens (including phenoxy) is 1. The van der Waals surface area contributed by atoms with Crippen molar-refractivity contribution in [1.82, 2.24) is 5.43 Å². The van der Waals surface area contributed by atoms with E-state index in [1.165, 1.54) is 18.3 Å². The number of anilines is 2. The summed E-state index contributed by atoms with van der Waals surface area (Å²) >= 11 is 12.1. The number of benzene rings is 3. The lowest BCUT2D eigenvalue weighted by atomic mass is 10.1. The maximum Gasteiger partial charge on any atom is 0.329 e. The summed E-state index contributed by atoms with van der Waals surface area (Å²) in [6.45, 7) is 2.41. The van der Waals surface area contributed by atoms with Gasteiger partial charge in [0, 0.05) is 11.3 Å². The fraction of sp³-hybridized carbons (Fsp3) is 0.0833. The second-order valence-corrected chi connectivity index (χ2v) is 7.56. The fourth-order valence-electron chi connectivity index (χ4n) is 2.81. The van der Waals surface area contributed by atoms with Crippen LogP contribution in [0.5, 0.6) is 5.75 Å². The van der Waals surface area contributed by atoms with Gasteiger partial charge in [0.05, 0.1) is 34.1 Å². The van der Waals surface area contributed by atoms with Gasteiger partial charge < -0.3 is 15.4 Å². The standard InChI is InChI=1S/C24H20Cl2N4O4/c1-2-34-16-12-10-15(11-13-16)28-22(31)17-6-3-4-9-21(17)29-23(32)24(33)30-27-14-18-19(25)7-5-8-20(18)26/h3-14H,2H2,1H3,(H,28,31)(H,29,32)(H,30,33)/b27-14-. The van der Waals surface area contributed by atoms with Gasteiger partial charge in [-0.3, -0.25) is 14.4 Å².